The number of amides is 1. The van der Waals surface area contributed by atoms with Crippen LogP contribution in [-0.2, 0) is 25.6 Å². The minimum Gasteiger partial charge on any atom is -0.497 e. The van der Waals surface area contributed by atoms with Gasteiger partial charge < -0.3 is 18.6 Å². The summed E-state index contributed by atoms with van der Waals surface area (Å²) >= 11 is 3.63. The summed E-state index contributed by atoms with van der Waals surface area (Å²) in [6.45, 7) is 4.29. The lowest BCUT2D eigenvalue weighted by molar-refractivity contribution is -0.141. The monoisotopic (exact) mass is 509 g/mol. The molecule has 0 radical (unpaired) electrons. The highest BCUT2D eigenvalue weighted by Gasteiger charge is 2.36. The zero-order valence-corrected chi connectivity index (χ0v) is 21.4. The molecule has 0 aliphatic carbocycles. The standard InChI is InChI=1S/C26H27N3O6S/c1-26(2,15-21(30)34-4)16-5-7-17(8-6-16)28-14-13-20-22(25(32)35-36)27-29(23(20)24(28)31)18-9-11-19(33-3)12-10-18/h5-12,36H,13-15H2,1-4H3. The second-order valence-corrected chi connectivity index (χ2v) is 9.24. The minimum atomic E-state index is -0.722. The number of aromatic nitrogens is 2. The van der Waals surface area contributed by atoms with Crippen molar-refractivity contribution in [1.29, 1.82) is 0 Å². The first kappa shape index (κ1) is 25.3. The Morgan fingerprint density at radius 1 is 1.03 bits per heavy atom. The molecule has 0 spiro atoms. The number of benzene rings is 2. The molecule has 9 nitrogen and oxygen atoms in total. The van der Waals surface area contributed by atoms with E-state index in [4.69, 9.17) is 9.47 Å². The van der Waals surface area contributed by atoms with Crippen LogP contribution in [0.5, 0.6) is 5.75 Å². The summed E-state index contributed by atoms with van der Waals surface area (Å²) in [7, 11) is 2.94. The van der Waals surface area contributed by atoms with Crippen LogP contribution in [0.2, 0.25) is 0 Å². The highest BCUT2D eigenvalue weighted by Crippen LogP contribution is 2.32. The number of anilines is 1. The maximum atomic E-state index is 13.7. The van der Waals surface area contributed by atoms with Crippen molar-refractivity contribution >= 4 is 36.4 Å². The van der Waals surface area contributed by atoms with Gasteiger partial charge in [0.2, 0.25) is 0 Å². The van der Waals surface area contributed by atoms with Crippen molar-refractivity contribution in [2.75, 3.05) is 25.7 Å². The molecule has 0 N–H and O–H groups in total. The van der Waals surface area contributed by atoms with Crippen molar-refractivity contribution in [2.45, 2.75) is 32.1 Å². The van der Waals surface area contributed by atoms with Gasteiger partial charge in [-0.25, -0.2) is 9.48 Å². The molecular formula is C26H27N3O6S. The molecule has 2 aromatic carbocycles. The van der Waals surface area contributed by atoms with Gasteiger partial charge in [-0.15, -0.1) is 0 Å². The average Bonchev–Trinajstić information content (AvgIpc) is 3.29. The van der Waals surface area contributed by atoms with E-state index in [0.717, 1.165) is 5.56 Å². The van der Waals surface area contributed by atoms with Gasteiger partial charge in [0.25, 0.3) is 5.91 Å². The van der Waals surface area contributed by atoms with Crippen LogP contribution in [0.25, 0.3) is 5.69 Å². The Bertz CT molecular complexity index is 1300. The molecule has 0 bridgehead atoms. The molecule has 0 saturated carbocycles. The third-order valence-corrected chi connectivity index (χ3v) is 6.55. The van der Waals surface area contributed by atoms with Gasteiger partial charge >= 0.3 is 11.9 Å². The minimum absolute atomic E-state index is 0.0590. The fraction of sp³-hybridized carbons (Fsp3) is 0.308. The number of nitrogens with zero attached hydrogens (tertiary/aromatic N) is 3. The van der Waals surface area contributed by atoms with Crippen LogP contribution in [-0.4, -0.2) is 48.4 Å². The van der Waals surface area contributed by atoms with Crippen molar-refractivity contribution in [1.82, 2.24) is 9.78 Å². The molecule has 1 aliphatic rings. The van der Waals surface area contributed by atoms with Gasteiger partial charge in [-0.05, 0) is 48.4 Å². The van der Waals surface area contributed by atoms with Crippen LogP contribution in [0.4, 0.5) is 5.69 Å². The molecular weight excluding hydrogens is 482 g/mol. The predicted molar refractivity (Wildman–Crippen MR) is 136 cm³/mol. The SMILES string of the molecule is COC(=O)CC(C)(C)c1ccc(N2CCc3c(C(=O)OS)nn(-c4ccc(OC)cc4)c3C2=O)cc1. The fourth-order valence-electron chi connectivity index (χ4n) is 4.35. The molecule has 0 fully saturated rings. The van der Waals surface area contributed by atoms with Crippen molar-refractivity contribution in [2.24, 2.45) is 0 Å². The summed E-state index contributed by atoms with van der Waals surface area (Å²) < 4.78 is 16.1. The number of esters is 1. The van der Waals surface area contributed by atoms with Crippen molar-refractivity contribution < 1.29 is 28.0 Å². The largest absolute Gasteiger partial charge is 0.497 e. The number of thiol groups is 1. The van der Waals surface area contributed by atoms with Crippen LogP contribution in [0.15, 0.2) is 48.5 Å². The molecule has 1 amide bonds. The molecule has 4 rings (SSSR count). The van der Waals surface area contributed by atoms with Gasteiger partial charge in [0, 0.05) is 36.1 Å². The number of carbonyl (C=O) groups is 3. The normalized spacial score (nSPS) is 13.2. The van der Waals surface area contributed by atoms with E-state index in [-0.39, 0.29) is 29.7 Å². The maximum absolute atomic E-state index is 13.7. The van der Waals surface area contributed by atoms with Gasteiger partial charge in [-0.3, -0.25) is 9.59 Å². The molecule has 2 heterocycles. The topological polar surface area (TPSA) is 100.0 Å². The number of hydrogen-bond donors (Lipinski definition) is 1. The molecule has 3 aromatic rings. The molecule has 1 aliphatic heterocycles. The Kier molecular flexibility index (Phi) is 7.07. The lowest BCUT2D eigenvalue weighted by Crippen LogP contribution is -2.39. The lowest BCUT2D eigenvalue weighted by atomic mass is 9.81. The summed E-state index contributed by atoms with van der Waals surface area (Å²) in [5.41, 5.74) is 2.68. The number of methoxy groups -OCH3 is 2. The Balaban J connectivity index is 1.70. The summed E-state index contributed by atoms with van der Waals surface area (Å²) in [6.07, 6.45) is 0.644. The van der Waals surface area contributed by atoms with E-state index < -0.39 is 11.4 Å². The molecule has 36 heavy (non-hydrogen) atoms. The van der Waals surface area contributed by atoms with Crippen LogP contribution in [0.1, 0.15) is 52.4 Å². The highest BCUT2D eigenvalue weighted by molar-refractivity contribution is 7.75. The first-order valence-electron chi connectivity index (χ1n) is 11.3. The Morgan fingerprint density at radius 3 is 2.25 bits per heavy atom. The molecule has 188 valence electrons. The molecule has 0 saturated heterocycles. The quantitative estimate of drug-likeness (QED) is 0.293. The maximum Gasteiger partial charge on any atom is 0.370 e. The van der Waals surface area contributed by atoms with E-state index >= 15 is 0 Å². The van der Waals surface area contributed by atoms with Crippen molar-refractivity contribution in [3.63, 3.8) is 0 Å². The predicted octanol–water partition coefficient (Wildman–Crippen LogP) is 3.93. The number of carbonyl (C=O) groups excluding carboxylic acids is 3. The second-order valence-electron chi connectivity index (χ2n) is 9.05. The lowest BCUT2D eigenvalue weighted by Gasteiger charge is -2.29. The fourth-order valence-corrected chi connectivity index (χ4v) is 4.44. The summed E-state index contributed by atoms with van der Waals surface area (Å²) in [5.74, 6) is -0.650. The van der Waals surface area contributed by atoms with Crippen LogP contribution < -0.4 is 9.64 Å². The molecule has 10 heteroatoms. The summed E-state index contributed by atoms with van der Waals surface area (Å²) in [6, 6.07) is 14.5. The third-order valence-electron chi connectivity index (χ3n) is 6.38. The zero-order valence-electron chi connectivity index (χ0n) is 20.5. The van der Waals surface area contributed by atoms with Gasteiger partial charge in [-0.1, -0.05) is 26.0 Å². The van der Waals surface area contributed by atoms with Crippen LogP contribution in [0.3, 0.4) is 0 Å². The Hall–Kier alpha value is -3.79. The third kappa shape index (κ3) is 4.68. The van der Waals surface area contributed by atoms with Crippen molar-refractivity contribution in [3.8, 4) is 11.4 Å². The number of hydrogen-bond acceptors (Lipinski definition) is 8. The Morgan fingerprint density at radius 2 is 1.67 bits per heavy atom. The first-order valence-corrected chi connectivity index (χ1v) is 11.7. The highest BCUT2D eigenvalue weighted by atomic mass is 32.1. The van der Waals surface area contributed by atoms with E-state index in [1.54, 1.807) is 36.3 Å². The summed E-state index contributed by atoms with van der Waals surface area (Å²) in [4.78, 5) is 39.6. The van der Waals surface area contributed by atoms with E-state index in [0.29, 0.717) is 35.7 Å². The van der Waals surface area contributed by atoms with Gasteiger partial charge in [0.15, 0.2) is 5.69 Å². The van der Waals surface area contributed by atoms with Gasteiger partial charge in [0.05, 0.1) is 26.3 Å². The number of fused-ring (bicyclic) bond motifs is 1. The zero-order chi connectivity index (χ0) is 26.0. The molecule has 0 unspecified atom stereocenters. The number of rotatable bonds is 7. The van der Waals surface area contributed by atoms with E-state index in [9.17, 15) is 14.4 Å². The second kappa shape index (κ2) is 10.1. The summed E-state index contributed by atoms with van der Waals surface area (Å²) in [5, 5.41) is 4.41. The van der Waals surface area contributed by atoms with Gasteiger partial charge in [-0.2, -0.15) is 5.10 Å². The van der Waals surface area contributed by atoms with Crippen LogP contribution >= 0.6 is 12.9 Å². The molecule has 1 aromatic heterocycles. The van der Waals surface area contributed by atoms with E-state index in [2.05, 4.69) is 22.2 Å². The van der Waals surface area contributed by atoms with Crippen LogP contribution in [0, 0.1) is 0 Å². The van der Waals surface area contributed by atoms with E-state index in [1.165, 1.54) is 11.8 Å². The molecule has 0 atom stereocenters. The smallest absolute Gasteiger partial charge is 0.370 e. The van der Waals surface area contributed by atoms with Gasteiger partial charge in [0.1, 0.15) is 11.4 Å². The Labute approximate surface area is 214 Å². The van der Waals surface area contributed by atoms with Crippen molar-refractivity contribution in [3.05, 3.63) is 71.0 Å². The first-order chi connectivity index (χ1) is 17.2. The number of ether oxygens (including phenoxy) is 2. The van der Waals surface area contributed by atoms with E-state index in [1.807, 2.05) is 38.1 Å². The average molecular weight is 510 g/mol.